The van der Waals surface area contributed by atoms with E-state index in [4.69, 9.17) is 5.73 Å². The predicted molar refractivity (Wildman–Crippen MR) is 81.1 cm³/mol. The highest BCUT2D eigenvalue weighted by molar-refractivity contribution is 7.13. The van der Waals surface area contributed by atoms with Crippen LogP contribution in [0, 0.1) is 12.8 Å². The van der Waals surface area contributed by atoms with E-state index in [0.29, 0.717) is 12.5 Å². The molecule has 2 N–H and O–H groups in total. The van der Waals surface area contributed by atoms with Crippen molar-refractivity contribution >= 4 is 29.7 Å². The number of hydrogen-bond donors (Lipinski definition) is 1. The smallest absolute Gasteiger partial charge is 0.266 e. The number of nitrogens with two attached hydrogens (primary N) is 1. The molecule has 0 aromatic carbocycles. The predicted octanol–water partition coefficient (Wildman–Crippen LogP) is 2.25. The maximum absolute atomic E-state index is 12.5. The van der Waals surface area contributed by atoms with Crippen molar-refractivity contribution in [3.63, 3.8) is 0 Å². The van der Waals surface area contributed by atoms with Crippen molar-refractivity contribution in [3.8, 4) is 0 Å². The fourth-order valence-electron chi connectivity index (χ4n) is 2.53. The maximum atomic E-state index is 12.5. The molecule has 2 heterocycles. The number of amides is 1. The van der Waals surface area contributed by atoms with Gasteiger partial charge >= 0.3 is 0 Å². The van der Waals surface area contributed by atoms with Crippen LogP contribution in [0.1, 0.15) is 40.6 Å². The lowest BCUT2D eigenvalue weighted by molar-refractivity contribution is 0.0747. The van der Waals surface area contributed by atoms with Crippen LogP contribution in [0.5, 0.6) is 0 Å². The van der Waals surface area contributed by atoms with Crippen LogP contribution in [-0.2, 0) is 6.42 Å². The van der Waals surface area contributed by atoms with E-state index in [0.717, 1.165) is 35.0 Å². The van der Waals surface area contributed by atoms with E-state index in [1.165, 1.54) is 11.3 Å². The van der Waals surface area contributed by atoms with Gasteiger partial charge in [0.15, 0.2) is 0 Å². The Hall–Kier alpha value is -0.650. The number of carbonyl (C=O) groups is 1. The molecule has 1 aliphatic rings. The molecule has 4 nitrogen and oxygen atoms in total. The molecule has 0 bridgehead atoms. The van der Waals surface area contributed by atoms with Gasteiger partial charge in [-0.05, 0) is 39.2 Å². The molecule has 1 saturated heterocycles. The minimum Gasteiger partial charge on any atom is -0.335 e. The molecule has 1 aromatic heterocycles. The third-order valence-corrected chi connectivity index (χ3v) is 4.88. The number of aromatic nitrogens is 1. The summed E-state index contributed by atoms with van der Waals surface area (Å²) < 4.78 is 0. The number of aryl methyl sites for hydroxylation is 2. The van der Waals surface area contributed by atoms with Gasteiger partial charge in [-0.3, -0.25) is 4.79 Å². The van der Waals surface area contributed by atoms with E-state index < -0.39 is 0 Å². The summed E-state index contributed by atoms with van der Waals surface area (Å²) in [6.45, 7) is 7.54. The van der Waals surface area contributed by atoms with Crippen LogP contribution in [0.25, 0.3) is 0 Å². The Morgan fingerprint density at radius 3 is 2.74 bits per heavy atom. The molecule has 1 aromatic rings. The first-order valence-corrected chi connectivity index (χ1v) is 7.35. The number of carbonyl (C=O) groups excluding carboxylic acids is 1. The van der Waals surface area contributed by atoms with Gasteiger partial charge in [0.1, 0.15) is 4.88 Å². The monoisotopic (exact) mass is 303 g/mol. The number of hydrogen-bond acceptors (Lipinski definition) is 4. The molecule has 1 amide bonds. The van der Waals surface area contributed by atoms with Crippen molar-refractivity contribution in [2.45, 2.75) is 39.7 Å². The molecule has 1 aliphatic heterocycles. The quantitative estimate of drug-likeness (QED) is 0.931. The van der Waals surface area contributed by atoms with Crippen molar-refractivity contribution in [3.05, 3.63) is 15.6 Å². The fraction of sp³-hybridized carbons (Fsp3) is 0.692. The third kappa shape index (κ3) is 3.27. The number of likely N-dealkylation sites (tertiary alicyclic amines) is 1. The second kappa shape index (κ2) is 6.68. The Balaban J connectivity index is 0.00000180. The van der Waals surface area contributed by atoms with E-state index in [2.05, 4.69) is 18.8 Å². The summed E-state index contributed by atoms with van der Waals surface area (Å²) in [6, 6.07) is 0.289. The minimum absolute atomic E-state index is 0. The van der Waals surface area contributed by atoms with Crippen molar-refractivity contribution in [2.24, 2.45) is 11.7 Å². The summed E-state index contributed by atoms with van der Waals surface area (Å²) in [6.07, 6.45) is 1.90. The number of thiazole rings is 1. The Morgan fingerprint density at radius 1 is 1.58 bits per heavy atom. The van der Waals surface area contributed by atoms with Gasteiger partial charge in [-0.15, -0.1) is 23.7 Å². The zero-order chi connectivity index (χ0) is 13.3. The van der Waals surface area contributed by atoms with E-state index in [1.54, 1.807) is 0 Å². The molecule has 6 heteroatoms. The largest absolute Gasteiger partial charge is 0.335 e. The first kappa shape index (κ1) is 16.4. The van der Waals surface area contributed by atoms with Gasteiger partial charge in [0.25, 0.3) is 5.91 Å². The zero-order valence-electron chi connectivity index (χ0n) is 11.7. The second-order valence-electron chi connectivity index (χ2n) is 5.02. The summed E-state index contributed by atoms with van der Waals surface area (Å²) in [7, 11) is 0. The highest BCUT2D eigenvalue weighted by Crippen LogP contribution is 2.27. The average molecular weight is 304 g/mol. The van der Waals surface area contributed by atoms with Gasteiger partial charge in [0, 0.05) is 12.6 Å². The molecular formula is C13H22ClN3OS. The molecule has 0 aliphatic carbocycles. The number of halogens is 1. The van der Waals surface area contributed by atoms with Crippen molar-refractivity contribution in [2.75, 3.05) is 13.1 Å². The van der Waals surface area contributed by atoms with Gasteiger partial charge in [0.2, 0.25) is 0 Å². The molecule has 2 rings (SSSR count). The van der Waals surface area contributed by atoms with Crippen molar-refractivity contribution < 1.29 is 4.79 Å². The van der Waals surface area contributed by atoms with Crippen molar-refractivity contribution in [1.29, 1.82) is 0 Å². The lowest BCUT2D eigenvalue weighted by Gasteiger charge is -2.20. The lowest BCUT2D eigenvalue weighted by Crippen LogP contribution is -2.34. The van der Waals surface area contributed by atoms with Gasteiger partial charge < -0.3 is 10.6 Å². The van der Waals surface area contributed by atoms with Gasteiger partial charge in [-0.2, -0.15) is 0 Å². The number of rotatable bonds is 3. The van der Waals surface area contributed by atoms with Crippen LogP contribution in [-0.4, -0.2) is 34.9 Å². The van der Waals surface area contributed by atoms with Crippen LogP contribution in [0.4, 0.5) is 0 Å². The summed E-state index contributed by atoms with van der Waals surface area (Å²) in [4.78, 5) is 19.7. The fourth-order valence-corrected chi connectivity index (χ4v) is 3.49. The minimum atomic E-state index is 0. The van der Waals surface area contributed by atoms with Crippen LogP contribution >= 0.6 is 23.7 Å². The lowest BCUT2D eigenvalue weighted by atomic mass is 10.1. The van der Waals surface area contributed by atoms with E-state index in [1.807, 2.05) is 11.8 Å². The molecule has 19 heavy (non-hydrogen) atoms. The second-order valence-corrected chi connectivity index (χ2v) is 6.10. The van der Waals surface area contributed by atoms with Crippen LogP contribution < -0.4 is 5.73 Å². The Morgan fingerprint density at radius 2 is 2.26 bits per heavy atom. The number of nitrogens with zero attached hydrogens (tertiary/aromatic N) is 2. The third-order valence-electron chi connectivity index (χ3n) is 3.59. The molecule has 0 spiro atoms. The van der Waals surface area contributed by atoms with E-state index >= 15 is 0 Å². The summed E-state index contributed by atoms with van der Waals surface area (Å²) >= 11 is 1.53. The Bertz CT molecular complexity index is 449. The molecular weight excluding hydrogens is 282 g/mol. The average Bonchev–Trinajstić information content (AvgIpc) is 2.91. The zero-order valence-corrected chi connectivity index (χ0v) is 13.3. The van der Waals surface area contributed by atoms with Gasteiger partial charge in [-0.1, -0.05) is 6.92 Å². The van der Waals surface area contributed by atoms with Crippen LogP contribution in [0.2, 0.25) is 0 Å². The molecule has 108 valence electrons. The highest BCUT2D eigenvalue weighted by Gasteiger charge is 2.33. The SMILES string of the molecule is CCc1nc(C)c(C(=O)N2CC(CN)CC2C)s1.Cl. The van der Waals surface area contributed by atoms with Crippen LogP contribution in [0.3, 0.4) is 0 Å². The van der Waals surface area contributed by atoms with Gasteiger partial charge in [0.05, 0.1) is 10.7 Å². The first-order chi connectivity index (χ1) is 8.56. The standard InChI is InChI=1S/C13H21N3OS.ClH/c1-4-11-15-9(3)12(18-11)13(17)16-7-10(6-14)5-8(16)2;/h8,10H,4-7,14H2,1-3H3;1H. The van der Waals surface area contributed by atoms with E-state index in [-0.39, 0.29) is 24.4 Å². The van der Waals surface area contributed by atoms with E-state index in [9.17, 15) is 4.79 Å². The summed E-state index contributed by atoms with van der Waals surface area (Å²) in [5, 5.41) is 1.04. The molecule has 0 radical (unpaired) electrons. The topological polar surface area (TPSA) is 59.2 Å². The van der Waals surface area contributed by atoms with Crippen LogP contribution in [0.15, 0.2) is 0 Å². The Kier molecular flexibility index (Phi) is 5.77. The molecule has 1 fully saturated rings. The molecule has 2 unspecified atom stereocenters. The molecule has 2 atom stereocenters. The Labute approximate surface area is 124 Å². The molecule has 0 saturated carbocycles. The summed E-state index contributed by atoms with van der Waals surface area (Å²) in [5.74, 6) is 0.580. The van der Waals surface area contributed by atoms with Crippen molar-refractivity contribution in [1.82, 2.24) is 9.88 Å². The maximum Gasteiger partial charge on any atom is 0.266 e. The summed E-state index contributed by atoms with van der Waals surface area (Å²) in [5.41, 5.74) is 6.57. The van der Waals surface area contributed by atoms with Gasteiger partial charge in [-0.25, -0.2) is 4.98 Å². The highest BCUT2D eigenvalue weighted by atomic mass is 35.5. The first-order valence-electron chi connectivity index (χ1n) is 6.54. The normalized spacial score (nSPS) is 22.4.